The maximum Gasteiger partial charge on any atom is 0.325 e. The Bertz CT molecular complexity index is 356. The standard InChI is InChI=1S/C10H16N2O4S/c1-6(7(13)14)17-5-4-12-8(15)10(2,3)11-9(12)16/h6H,4-5H2,1-3H3,(H,11,16)(H,13,14). The first-order valence-electron chi connectivity index (χ1n) is 5.24. The molecule has 1 heterocycles. The number of imide groups is 1. The van der Waals surface area contributed by atoms with Gasteiger partial charge in [0.15, 0.2) is 0 Å². The van der Waals surface area contributed by atoms with Crippen LogP contribution in [0, 0.1) is 0 Å². The van der Waals surface area contributed by atoms with Crippen LogP contribution < -0.4 is 5.32 Å². The molecule has 1 fully saturated rings. The van der Waals surface area contributed by atoms with Crippen molar-refractivity contribution in [2.24, 2.45) is 0 Å². The molecular weight excluding hydrogens is 244 g/mol. The Morgan fingerprint density at radius 1 is 1.53 bits per heavy atom. The van der Waals surface area contributed by atoms with E-state index in [-0.39, 0.29) is 12.5 Å². The highest BCUT2D eigenvalue weighted by Crippen LogP contribution is 2.18. The number of hydrogen-bond donors (Lipinski definition) is 2. The van der Waals surface area contributed by atoms with Crippen molar-refractivity contribution < 1.29 is 19.5 Å². The van der Waals surface area contributed by atoms with Crippen LogP contribution in [0.4, 0.5) is 4.79 Å². The van der Waals surface area contributed by atoms with Crippen LogP contribution in [0.2, 0.25) is 0 Å². The number of aliphatic carboxylic acids is 1. The molecule has 1 aliphatic rings. The van der Waals surface area contributed by atoms with E-state index in [9.17, 15) is 14.4 Å². The van der Waals surface area contributed by atoms with Gasteiger partial charge in [-0.15, -0.1) is 11.8 Å². The number of hydrogen-bond acceptors (Lipinski definition) is 4. The fraction of sp³-hybridized carbons (Fsp3) is 0.700. The van der Waals surface area contributed by atoms with Crippen molar-refractivity contribution in [1.82, 2.24) is 10.2 Å². The SMILES string of the molecule is CC(SCCN1C(=O)NC(C)(C)C1=O)C(=O)O. The van der Waals surface area contributed by atoms with Gasteiger partial charge in [-0.25, -0.2) is 4.79 Å². The van der Waals surface area contributed by atoms with Gasteiger partial charge in [-0.3, -0.25) is 14.5 Å². The molecule has 0 aliphatic carbocycles. The van der Waals surface area contributed by atoms with Crippen molar-refractivity contribution in [1.29, 1.82) is 0 Å². The van der Waals surface area contributed by atoms with Crippen LogP contribution in [-0.2, 0) is 9.59 Å². The number of carbonyl (C=O) groups is 3. The van der Waals surface area contributed by atoms with E-state index in [4.69, 9.17) is 5.11 Å². The van der Waals surface area contributed by atoms with Gasteiger partial charge < -0.3 is 10.4 Å². The van der Waals surface area contributed by atoms with Gasteiger partial charge >= 0.3 is 12.0 Å². The quantitative estimate of drug-likeness (QED) is 0.704. The number of amides is 3. The van der Waals surface area contributed by atoms with Crippen LogP contribution in [0.3, 0.4) is 0 Å². The summed E-state index contributed by atoms with van der Waals surface area (Å²) in [5.41, 5.74) is -0.861. The van der Waals surface area contributed by atoms with Gasteiger partial charge in [0.2, 0.25) is 0 Å². The van der Waals surface area contributed by atoms with E-state index in [0.717, 1.165) is 4.90 Å². The molecule has 1 aliphatic heterocycles. The van der Waals surface area contributed by atoms with Crippen LogP contribution in [-0.4, -0.2) is 51.0 Å². The fourth-order valence-electron chi connectivity index (χ4n) is 1.41. The van der Waals surface area contributed by atoms with Crippen LogP contribution >= 0.6 is 11.8 Å². The molecule has 1 atom stereocenters. The van der Waals surface area contributed by atoms with Crippen molar-refractivity contribution in [3.8, 4) is 0 Å². The van der Waals surface area contributed by atoms with Crippen LogP contribution in [0.15, 0.2) is 0 Å². The third-order valence-corrected chi connectivity index (χ3v) is 3.59. The van der Waals surface area contributed by atoms with E-state index in [1.54, 1.807) is 20.8 Å². The van der Waals surface area contributed by atoms with E-state index in [1.165, 1.54) is 11.8 Å². The molecule has 2 N–H and O–H groups in total. The second kappa shape index (κ2) is 4.95. The third kappa shape index (κ3) is 3.12. The lowest BCUT2D eigenvalue weighted by atomic mass is 10.1. The molecule has 7 heteroatoms. The summed E-state index contributed by atoms with van der Waals surface area (Å²) in [5.74, 6) is -0.749. The van der Waals surface area contributed by atoms with E-state index >= 15 is 0 Å². The maximum absolute atomic E-state index is 11.8. The minimum absolute atomic E-state index is 0.233. The second-order valence-electron chi connectivity index (χ2n) is 4.36. The molecule has 0 saturated carbocycles. The lowest BCUT2D eigenvalue weighted by Crippen LogP contribution is -2.40. The monoisotopic (exact) mass is 260 g/mol. The molecule has 0 aromatic rings. The molecule has 1 saturated heterocycles. The highest BCUT2D eigenvalue weighted by Gasteiger charge is 2.43. The highest BCUT2D eigenvalue weighted by atomic mass is 32.2. The summed E-state index contributed by atoms with van der Waals surface area (Å²) in [6, 6.07) is -0.413. The summed E-state index contributed by atoms with van der Waals surface area (Å²) in [6.45, 7) is 5.08. The average molecular weight is 260 g/mol. The minimum Gasteiger partial charge on any atom is -0.480 e. The van der Waals surface area contributed by atoms with Crippen LogP contribution in [0.1, 0.15) is 20.8 Å². The highest BCUT2D eigenvalue weighted by molar-refractivity contribution is 8.00. The van der Waals surface area contributed by atoms with Crippen molar-refractivity contribution >= 4 is 29.7 Å². The Kier molecular flexibility index (Phi) is 4.03. The number of rotatable bonds is 5. The molecule has 1 unspecified atom stereocenters. The molecule has 3 amide bonds. The molecular formula is C10H16N2O4S. The summed E-state index contributed by atoms with van der Waals surface area (Å²) in [4.78, 5) is 34.9. The smallest absolute Gasteiger partial charge is 0.325 e. The minimum atomic E-state index is -0.896. The predicted octanol–water partition coefficient (Wildman–Crippen LogP) is 0.523. The zero-order chi connectivity index (χ0) is 13.2. The lowest BCUT2D eigenvalue weighted by molar-refractivity contribution is -0.136. The van der Waals surface area contributed by atoms with Crippen LogP contribution in [0.25, 0.3) is 0 Å². The number of carboxylic acids is 1. The third-order valence-electron chi connectivity index (χ3n) is 2.47. The van der Waals surface area contributed by atoms with E-state index < -0.39 is 22.8 Å². The van der Waals surface area contributed by atoms with Crippen molar-refractivity contribution in [2.75, 3.05) is 12.3 Å². The molecule has 0 radical (unpaired) electrons. The molecule has 0 aromatic carbocycles. The lowest BCUT2D eigenvalue weighted by Gasteiger charge is -2.16. The van der Waals surface area contributed by atoms with Gasteiger partial charge in [-0.2, -0.15) is 0 Å². The average Bonchev–Trinajstić information content (AvgIpc) is 2.39. The number of carbonyl (C=O) groups excluding carboxylic acids is 2. The topological polar surface area (TPSA) is 86.7 Å². The van der Waals surface area contributed by atoms with Gasteiger partial charge in [0.05, 0.1) is 5.25 Å². The van der Waals surface area contributed by atoms with Crippen LogP contribution in [0.5, 0.6) is 0 Å². The number of urea groups is 1. The summed E-state index contributed by atoms with van der Waals surface area (Å²) in [7, 11) is 0. The first-order valence-corrected chi connectivity index (χ1v) is 6.29. The summed E-state index contributed by atoms with van der Waals surface area (Å²) in [6.07, 6.45) is 0. The van der Waals surface area contributed by atoms with Gasteiger partial charge in [0.25, 0.3) is 5.91 Å². The Morgan fingerprint density at radius 3 is 2.53 bits per heavy atom. The van der Waals surface area contributed by atoms with Crippen molar-refractivity contribution in [3.63, 3.8) is 0 Å². The number of thioether (sulfide) groups is 1. The summed E-state index contributed by atoms with van der Waals surface area (Å²) < 4.78 is 0. The van der Waals surface area contributed by atoms with Gasteiger partial charge in [0, 0.05) is 12.3 Å². The Labute approximate surface area is 104 Å². The molecule has 17 heavy (non-hydrogen) atoms. The number of nitrogens with one attached hydrogen (secondary N) is 1. The van der Waals surface area contributed by atoms with Gasteiger partial charge in [-0.1, -0.05) is 0 Å². The summed E-state index contributed by atoms with van der Waals surface area (Å²) in [5, 5.41) is 10.7. The fourth-order valence-corrected chi connectivity index (χ4v) is 2.20. The van der Waals surface area contributed by atoms with Gasteiger partial charge in [-0.05, 0) is 20.8 Å². The van der Waals surface area contributed by atoms with Crippen molar-refractivity contribution in [3.05, 3.63) is 0 Å². The molecule has 0 aromatic heterocycles. The van der Waals surface area contributed by atoms with E-state index in [0.29, 0.717) is 5.75 Å². The Balaban J connectivity index is 2.46. The van der Waals surface area contributed by atoms with E-state index in [1.807, 2.05) is 0 Å². The van der Waals surface area contributed by atoms with Gasteiger partial charge in [0.1, 0.15) is 5.54 Å². The normalized spacial score (nSPS) is 20.3. The van der Waals surface area contributed by atoms with E-state index in [2.05, 4.69) is 5.32 Å². The molecule has 6 nitrogen and oxygen atoms in total. The molecule has 96 valence electrons. The molecule has 1 rings (SSSR count). The Hall–Kier alpha value is -1.24. The second-order valence-corrected chi connectivity index (χ2v) is 5.81. The maximum atomic E-state index is 11.8. The Morgan fingerprint density at radius 2 is 2.12 bits per heavy atom. The first-order chi connectivity index (χ1) is 7.75. The number of carboxylic acid groups (broad SMARTS) is 1. The molecule has 0 bridgehead atoms. The zero-order valence-electron chi connectivity index (χ0n) is 10.0. The first kappa shape index (κ1) is 13.8. The largest absolute Gasteiger partial charge is 0.480 e. The number of nitrogens with zero attached hydrogens (tertiary/aromatic N) is 1. The zero-order valence-corrected chi connectivity index (χ0v) is 10.8. The summed E-state index contributed by atoms with van der Waals surface area (Å²) >= 11 is 1.20. The van der Waals surface area contributed by atoms with Crippen molar-refractivity contribution in [2.45, 2.75) is 31.6 Å². The predicted molar refractivity (Wildman–Crippen MR) is 63.9 cm³/mol. The molecule has 0 spiro atoms.